The van der Waals surface area contributed by atoms with Crippen LogP contribution in [-0.2, 0) is 4.79 Å². The molecule has 0 aromatic heterocycles. The van der Waals surface area contributed by atoms with Crippen LogP contribution in [0, 0.1) is 13.8 Å². The molecule has 0 radical (unpaired) electrons. The van der Waals surface area contributed by atoms with Crippen LogP contribution in [0.15, 0.2) is 48.5 Å². The Hall–Kier alpha value is -2.35. The summed E-state index contributed by atoms with van der Waals surface area (Å²) in [6, 6.07) is 14.4. The first-order valence-electron chi connectivity index (χ1n) is 6.56. The van der Waals surface area contributed by atoms with Gasteiger partial charge in [-0.15, -0.1) is 0 Å². The van der Waals surface area contributed by atoms with Gasteiger partial charge in [0.25, 0.3) is 0 Å². The lowest BCUT2D eigenvalue weighted by atomic mass is 9.98. The number of benzene rings is 2. The highest BCUT2D eigenvalue weighted by atomic mass is 16.4. The van der Waals surface area contributed by atoms with Gasteiger partial charge >= 0.3 is 5.97 Å². The van der Waals surface area contributed by atoms with Gasteiger partial charge in [0.05, 0.1) is 0 Å². The molecule has 0 saturated carbocycles. The van der Waals surface area contributed by atoms with Crippen molar-refractivity contribution in [3.8, 4) is 11.1 Å². The monoisotopic (exact) mass is 266 g/mol. The predicted molar refractivity (Wildman–Crippen MR) is 82.6 cm³/mol. The summed E-state index contributed by atoms with van der Waals surface area (Å²) in [6.45, 7) is 6.01. The van der Waals surface area contributed by atoms with E-state index in [1.165, 1.54) is 22.8 Å². The highest BCUT2D eigenvalue weighted by Crippen LogP contribution is 2.24. The number of carboxylic acid groups (broad SMARTS) is 1. The number of hydrogen-bond donors (Lipinski definition) is 1. The summed E-state index contributed by atoms with van der Waals surface area (Å²) >= 11 is 0. The lowest BCUT2D eigenvalue weighted by molar-refractivity contribution is -0.131. The average Bonchev–Trinajstić information content (AvgIpc) is 2.41. The lowest BCUT2D eigenvalue weighted by Crippen LogP contribution is -1.90. The minimum Gasteiger partial charge on any atom is -0.478 e. The van der Waals surface area contributed by atoms with Gasteiger partial charge in [-0.1, -0.05) is 42.5 Å². The molecule has 2 aromatic carbocycles. The first-order chi connectivity index (χ1) is 9.47. The Balaban J connectivity index is 2.32. The molecule has 0 aliphatic heterocycles. The van der Waals surface area contributed by atoms with Crippen LogP contribution < -0.4 is 0 Å². The fourth-order valence-electron chi connectivity index (χ4n) is 2.12. The Labute approximate surface area is 119 Å². The molecule has 0 amide bonds. The quantitative estimate of drug-likeness (QED) is 0.833. The summed E-state index contributed by atoms with van der Waals surface area (Å²) in [5, 5.41) is 8.76. The van der Waals surface area contributed by atoms with Crippen LogP contribution in [0.25, 0.3) is 16.7 Å². The van der Waals surface area contributed by atoms with E-state index < -0.39 is 5.97 Å². The van der Waals surface area contributed by atoms with E-state index in [1.54, 1.807) is 6.92 Å². The number of allylic oxidation sites excluding steroid dienone is 1. The minimum absolute atomic E-state index is 0.754. The van der Waals surface area contributed by atoms with Crippen molar-refractivity contribution in [1.29, 1.82) is 0 Å². The number of aryl methyl sites for hydroxylation is 2. The van der Waals surface area contributed by atoms with E-state index in [1.807, 2.05) is 24.3 Å². The number of carboxylic acids is 1. The van der Waals surface area contributed by atoms with E-state index >= 15 is 0 Å². The molecule has 0 spiro atoms. The Morgan fingerprint density at radius 2 is 1.55 bits per heavy atom. The fourth-order valence-corrected chi connectivity index (χ4v) is 2.12. The van der Waals surface area contributed by atoms with Gasteiger partial charge in [-0.25, -0.2) is 4.79 Å². The van der Waals surface area contributed by atoms with Gasteiger partial charge in [0.1, 0.15) is 0 Å². The van der Waals surface area contributed by atoms with Crippen molar-refractivity contribution < 1.29 is 9.90 Å². The molecule has 102 valence electrons. The topological polar surface area (TPSA) is 37.3 Å². The van der Waals surface area contributed by atoms with Gasteiger partial charge in [-0.05, 0) is 54.2 Å². The lowest BCUT2D eigenvalue weighted by Gasteiger charge is -2.07. The number of hydrogen-bond acceptors (Lipinski definition) is 1. The average molecular weight is 266 g/mol. The maximum Gasteiger partial charge on any atom is 0.328 e. The maximum atomic E-state index is 10.7. The summed E-state index contributed by atoms with van der Waals surface area (Å²) in [7, 11) is 0. The van der Waals surface area contributed by atoms with E-state index in [9.17, 15) is 4.79 Å². The third-order valence-electron chi connectivity index (χ3n) is 3.52. The van der Waals surface area contributed by atoms with Gasteiger partial charge in [-0.2, -0.15) is 0 Å². The van der Waals surface area contributed by atoms with Gasteiger partial charge in [0.15, 0.2) is 0 Å². The Morgan fingerprint density at radius 3 is 2.10 bits per heavy atom. The van der Waals surface area contributed by atoms with Crippen molar-refractivity contribution in [2.45, 2.75) is 20.8 Å². The molecule has 2 rings (SSSR count). The summed E-state index contributed by atoms with van der Waals surface area (Å²) in [5.41, 5.74) is 6.56. The van der Waals surface area contributed by atoms with Crippen LogP contribution in [0.5, 0.6) is 0 Å². The number of carbonyl (C=O) groups is 1. The molecule has 0 unspecified atom stereocenters. The van der Waals surface area contributed by atoms with Crippen molar-refractivity contribution in [3.05, 3.63) is 65.2 Å². The molecule has 0 saturated heterocycles. The van der Waals surface area contributed by atoms with Crippen LogP contribution in [0.1, 0.15) is 23.6 Å². The van der Waals surface area contributed by atoms with Gasteiger partial charge < -0.3 is 5.11 Å². The molecule has 0 fully saturated rings. The molecule has 2 aromatic rings. The van der Waals surface area contributed by atoms with E-state index in [0.717, 1.165) is 16.7 Å². The van der Waals surface area contributed by atoms with E-state index in [0.29, 0.717) is 0 Å². The minimum atomic E-state index is -0.916. The molecule has 0 aliphatic rings. The van der Waals surface area contributed by atoms with Crippen LogP contribution in [0.3, 0.4) is 0 Å². The van der Waals surface area contributed by atoms with Gasteiger partial charge in [0, 0.05) is 6.08 Å². The highest BCUT2D eigenvalue weighted by molar-refractivity contribution is 5.89. The first-order valence-corrected chi connectivity index (χ1v) is 6.56. The van der Waals surface area contributed by atoms with Crippen molar-refractivity contribution >= 4 is 11.5 Å². The van der Waals surface area contributed by atoms with Gasteiger partial charge in [-0.3, -0.25) is 0 Å². The van der Waals surface area contributed by atoms with E-state index in [2.05, 4.69) is 32.0 Å². The zero-order valence-electron chi connectivity index (χ0n) is 12.0. The van der Waals surface area contributed by atoms with Gasteiger partial charge in [0.2, 0.25) is 0 Å². The fraction of sp³-hybridized carbons (Fsp3) is 0.167. The smallest absolute Gasteiger partial charge is 0.328 e. The van der Waals surface area contributed by atoms with E-state index in [-0.39, 0.29) is 0 Å². The zero-order valence-corrected chi connectivity index (χ0v) is 12.0. The van der Waals surface area contributed by atoms with Crippen molar-refractivity contribution in [1.82, 2.24) is 0 Å². The molecule has 2 nitrogen and oxygen atoms in total. The molecule has 0 atom stereocenters. The molecule has 1 N–H and O–H groups in total. The molecular weight excluding hydrogens is 248 g/mol. The maximum absolute atomic E-state index is 10.7. The first kappa shape index (κ1) is 14.1. The predicted octanol–water partition coefficient (Wildman–Crippen LogP) is 4.46. The summed E-state index contributed by atoms with van der Waals surface area (Å²) < 4.78 is 0. The Kier molecular flexibility index (Phi) is 4.04. The molecule has 20 heavy (non-hydrogen) atoms. The van der Waals surface area contributed by atoms with Crippen molar-refractivity contribution in [3.63, 3.8) is 0 Å². The highest BCUT2D eigenvalue weighted by Gasteiger charge is 2.02. The largest absolute Gasteiger partial charge is 0.478 e. The summed E-state index contributed by atoms with van der Waals surface area (Å²) in [6.07, 6.45) is 1.23. The van der Waals surface area contributed by atoms with Crippen molar-refractivity contribution in [2.75, 3.05) is 0 Å². The molecular formula is C18H18O2. The number of rotatable bonds is 3. The molecule has 0 bridgehead atoms. The number of aliphatic carboxylic acids is 1. The van der Waals surface area contributed by atoms with Crippen LogP contribution in [0.4, 0.5) is 0 Å². The van der Waals surface area contributed by atoms with Crippen LogP contribution >= 0.6 is 0 Å². The third kappa shape index (κ3) is 3.15. The summed E-state index contributed by atoms with van der Waals surface area (Å²) in [5.74, 6) is -0.916. The van der Waals surface area contributed by atoms with Crippen molar-refractivity contribution in [2.24, 2.45) is 0 Å². The molecule has 2 heteroatoms. The Bertz CT molecular complexity index is 664. The standard InChI is InChI=1S/C18H18O2/c1-12-4-5-17(10-13(12)2)16-8-6-15(7-9-16)14(3)11-18(19)20/h4-11H,1-3H3,(H,19,20)/b14-11+. The third-order valence-corrected chi connectivity index (χ3v) is 3.52. The van der Waals surface area contributed by atoms with E-state index in [4.69, 9.17) is 5.11 Å². The van der Waals surface area contributed by atoms with Crippen LogP contribution in [0.2, 0.25) is 0 Å². The van der Waals surface area contributed by atoms with Crippen LogP contribution in [-0.4, -0.2) is 11.1 Å². The zero-order chi connectivity index (χ0) is 14.7. The second kappa shape index (κ2) is 5.74. The SMILES string of the molecule is C/C(=C\C(=O)O)c1ccc(-c2ccc(C)c(C)c2)cc1. The Morgan fingerprint density at radius 1 is 0.950 bits per heavy atom. The second-order valence-electron chi connectivity index (χ2n) is 5.04. The molecule has 0 heterocycles. The normalized spacial score (nSPS) is 11.4. The second-order valence-corrected chi connectivity index (χ2v) is 5.04. The molecule has 0 aliphatic carbocycles. The summed E-state index contributed by atoms with van der Waals surface area (Å²) in [4.78, 5) is 10.7.